The first kappa shape index (κ1) is 36.1. The first-order valence-electron chi connectivity index (χ1n) is 16.6. The van der Waals surface area contributed by atoms with E-state index < -0.39 is 37.2 Å². The summed E-state index contributed by atoms with van der Waals surface area (Å²) in [5.41, 5.74) is 0. The molecule has 0 aromatic carbocycles. The van der Waals surface area contributed by atoms with Gasteiger partial charge in [0.25, 0.3) is 0 Å². The number of halogens is 2. The second kappa shape index (κ2) is 18.0. The molecule has 4 fully saturated rings. The topological polar surface area (TPSA) is 161 Å². The number of nitrogens with zero attached hydrogens (tertiary/aromatic N) is 3. The molecule has 0 spiro atoms. The molecule has 0 radical (unpaired) electrons. The van der Waals surface area contributed by atoms with Crippen molar-refractivity contribution in [1.29, 1.82) is 0 Å². The predicted molar refractivity (Wildman–Crippen MR) is 164 cm³/mol. The third-order valence-electron chi connectivity index (χ3n) is 9.98. The normalized spacial score (nSPS) is 32.7. The van der Waals surface area contributed by atoms with Crippen LogP contribution < -0.4 is 10.6 Å². The van der Waals surface area contributed by atoms with Crippen LogP contribution in [0.2, 0.25) is 0 Å². The van der Waals surface area contributed by atoms with Gasteiger partial charge in [0.2, 0.25) is 5.91 Å². The van der Waals surface area contributed by atoms with E-state index in [-0.39, 0.29) is 42.6 Å². The highest BCUT2D eigenvalue weighted by Crippen LogP contribution is 2.32. The second-order valence-corrected chi connectivity index (χ2v) is 13.8. The smallest absolute Gasteiger partial charge is 0.223 e. The number of hydrogen-bond acceptors (Lipinski definition) is 11. The van der Waals surface area contributed by atoms with Gasteiger partial charge in [-0.2, -0.15) is 0 Å². The average molecular weight is 652 g/mol. The molecule has 3 saturated heterocycles. The minimum absolute atomic E-state index is 0.0554. The lowest BCUT2D eigenvalue weighted by atomic mass is 9.83. The van der Waals surface area contributed by atoms with Crippen LogP contribution in [-0.2, 0) is 9.53 Å². The van der Waals surface area contributed by atoms with Crippen molar-refractivity contribution >= 4 is 17.5 Å². The Labute approximate surface area is 265 Å². The fourth-order valence-electron chi connectivity index (χ4n) is 7.00. The predicted octanol–water partition coefficient (Wildman–Crippen LogP) is -0.944. The van der Waals surface area contributed by atoms with Gasteiger partial charge in [-0.3, -0.25) is 25.2 Å². The highest BCUT2D eigenvalue weighted by atomic mass is 35.5. The minimum atomic E-state index is -1.66. The number of rotatable bonds is 14. The number of aliphatic hydroxyl groups excluding tert-OH is 5. The van der Waals surface area contributed by atoms with Crippen molar-refractivity contribution in [3.8, 4) is 0 Å². The molecule has 7 atom stereocenters. The van der Waals surface area contributed by atoms with Crippen LogP contribution in [0.25, 0.3) is 0 Å². The third-order valence-corrected chi connectivity index (χ3v) is 10.3. The van der Waals surface area contributed by atoms with Crippen molar-refractivity contribution in [2.75, 3.05) is 72.1 Å². The van der Waals surface area contributed by atoms with Crippen LogP contribution >= 0.6 is 11.6 Å². The fourth-order valence-corrected chi connectivity index (χ4v) is 7.17. The standard InChI is InChI=1S/C30H55ClFN5O7/c31-22-16-33-30(34-17-22)37-7-5-20(6-8-37)2-1-13-44-23-4-3-21(24(32)15-23)14-27(41)36-11-9-35(10-12-36)18-25(39)28(42)29(43)26(40)19-38/h20-26,28-30,33-34,38-40,42-43H,1-19H2/t21?,22?,23?,24?,25-,26+,28+,29+,30?/m0/s1. The maximum atomic E-state index is 15.1. The Bertz CT molecular complexity index is 847. The van der Waals surface area contributed by atoms with Gasteiger partial charge in [-0.05, 0) is 50.4 Å². The SMILES string of the molecule is O=C(CC1CCC(OCCCC2CCN(C3NCC(Cl)CN3)CC2)CC1F)N1CCN(C[C@H](O)[C@@H](O)[C@H](O)[C@H](O)CO)CC1. The zero-order valence-electron chi connectivity index (χ0n) is 25.9. The fraction of sp³-hybridized carbons (Fsp3) is 0.967. The van der Waals surface area contributed by atoms with E-state index in [9.17, 15) is 25.2 Å². The maximum absolute atomic E-state index is 15.1. The Morgan fingerprint density at radius 3 is 2.23 bits per heavy atom. The van der Waals surface area contributed by atoms with E-state index in [2.05, 4.69) is 15.5 Å². The molecule has 0 aromatic heterocycles. The maximum Gasteiger partial charge on any atom is 0.223 e. The number of likely N-dealkylation sites (tertiary alicyclic amines) is 1. The zero-order valence-corrected chi connectivity index (χ0v) is 26.6. The van der Waals surface area contributed by atoms with Gasteiger partial charge >= 0.3 is 0 Å². The number of hydrogen-bond donors (Lipinski definition) is 7. The summed E-state index contributed by atoms with van der Waals surface area (Å²) in [7, 11) is 0. The van der Waals surface area contributed by atoms with Crippen molar-refractivity contribution in [2.45, 2.75) is 99.7 Å². The van der Waals surface area contributed by atoms with E-state index in [0.717, 1.165) is 45.4 Å². The molecule has 3 heterocycles. The third kappa shape index (κ3) is 10.7. The Hall–Kier alpha value is -0.710. The Morgan fingerprint density at radius 2 is 1.59 bits per heavy atom. The molecular weight excluding hydrogens is 597 g/mol. The van der Waals surface area contributed by atoms with Crippen molar-refractivity contribution < 1.29 is 39.5 Å². The molecule has 0 bridgehead atoms. The van der Waals surface area contributed by atoms with Gasteiger partial charge in [0.1, 0.15) is 30.8 Å². The van der Waals surface area contributed by atoms with Crippen molar-refractivity contribution in [2.24, 2.45) is 11.8 Å². The highest BCUT2D eigenvalue weighted by molar-refractivity contribution is 6.21. The van der Waals surface area contributed by atoms with E-state index in [0.29, 0.717) is 51.5 Å². The summed E-state index contributed by atoms with van der Waals surface area (Å²) in [6.07, 6.45) is -0.664. The Morgan fingerprint density at radius 1 is 0.932 bits per heavy atom. The van der Waals surface area contributed by atoms with Gasteiger partial charge < -0.3 is 35.2 Å². The Balaban J connectivity index is 1.05. The summed E-state index contributed by atoms with van der Waals surface area (Å²) in [6.45, 7) is 5.59. The first-order chi connectivity index (χ1) is 21.1. The number of carbonyl (C=O) groups is 1. The van der Waals surface area contributed by atoms with E-state index in [1.165, 1.54) is 12.8 Å². The molecule has 7 N–H and O–H groups in total. The monoisotopic (exact) mass is 651 g/mol. The quantitative estimate of drug-likeness (QED) is 0.0917. The Kier molecular flexibility index (Phi) is 14.8. The van der Waals surface area contributed by atoms with Crippen LogP contribution in [-0.4, -0.2) is 167 Å². The van der Waals surface area contributed by atoms with Gasteiger partial charge in [0.15, 0.2) is 0 Å². The molecule has 12 nitrogen and oxygen atoms in total. The van der Waals surface area contributed by atoms with Crippen molar-refractivity contribution in [1.82, 2.24) is 25.3 Å². The number of amides is 1. The zero-order chi connectivity index (χ0) is 31.6. The lowest BCUT2D eigenvalue weighted by Crippen LogP contribution is -2.62. The molecule has 1 aliphatic carbocycles. The summed E-state index contributed by atoms with van der Waals surface area (Å²) in [5, 5.41) is 55.6. The molecule has 44 heavy (non-hydrogen) atoms. The van der Waals surface area contributed by atoms with E-state index in [1.807, 2.05) is 4.90 Å². The summed E-state index contributed by atoms with van der Waals surface area (Å²) >= 11 is 6.15. The van der Waals surface area contributed by atoms with Crippen LogP contribution in [0.15, 0.2) is 0 Å². The number of piperidine rings is 1. The molecule has 4 aliphatic rings. The van der Waals surface area contributed by atoms with Crippen molar-refractivity contribution in [3.05, 3.63) is 0 Å². The van der Waals surface area contributed by atoms with Gasteiger partial charge in [-0.1, -0.05) is 0 Å². The first-order valence-corrected chi connectivity index (χ1v) is 17.0. The molecule has 1 saturated carbocycles. The number of carbonyl (C=O) groups excluding carboxylic acids is 1. The molecule has 14 heteroatoms. The summed E-state index contributed by atoms with van der Waals surface area (Å²) in [4.78, 5) is 19.0. The molecule has 3 unspecified atom stereocenters. The number of piperazine rings is 1. The second-order valence-electron chi connectivity index (χ2n) is 13.2. The highest BCUT2D eigenvalue weighted by Gasteiger charge is 2.35. The number of β-amino-alcohol motifs (C(OH)–C–C–N with tert-alkyl or cyclic N) is 1. The van der Waals surface area contributed by atoms with Gasteiger partial charge in [0.05, 0.1) is 24.2 Å². The van der Waals surface area contributed by atoms with E-state index >= 15 is 4.39 Å². The summed E-state index contributed by atoms with van der Waals surface area (Å²) in [6, 6.07) is 0. The van der Waals surface area contributed by atoms with Crippen LogP contribution in [0.1, 0.15) is 51.4 Å². The average Bonchev–Trinajstić information content (AvgIpc) is 3.04. The minimum Gasteiger partial charge on any atom is -0.394 e. The van der Waals surface area contributed by atoms with Gasteiger partial charge in [-0.25, -0.2) is 4.39 Å². The van der Waals surface area contributed by atoms with Gasteiger partial charge in [0, 0.05) is 78.4 Å². The lowest BCUT2D eigenvalue weighted by Gasteiger charge is -2.41. The van der Waals surface area contributed by atoms with Gasteiger partial charge in [-0.15, -0.1) is 11.6 Å². The molecular formula is C30H55ClFN5O7. The van der Waals surface area contributed by atoms with Crippen LogP contribution in [0.4, 0.5) is 4.39 Å². The summed E-state index contributed by atoms with van der Waals surface area (Å²) in [5.74, 6) is 0.334. The van der Waals surface area contributed by atoms with Crippen LogP contribution in [0, 0.1) is 11.8 Å². The molecule has 256 valence electrons. The van der Waals surface area contributed by atoms with E-state index in [4.69, 9.17) is 21.4 Å². The van der Waals surface area contributed by atoms with E-state index in [1.54, 1.807) is 4.90 Å². The molecule has 4 rings (SSSR count). The molecule has 3 aliphatic heterocycles. The molecule has 0 aromatic rings. The lowest BCUT2D eigenvalue weighted by molar-refractivity contribution is -0.137. The number of nitrogens with one attached hydrogen (secondary N) is 2. The summed E-state index contributed by atoms with van der Waals surface area (Å²) < 4.78 is 21.2. The molecule has 1 amide bonds. The number of aliphatic hydroxyl groups is 5. The van der Waals surface area contributed by atoms with Crippen LogP contribution in [0.5, 0.6) is 0 Å². The number of ether oxygens (including phenoxy) is 1. The van der Waals surface area contributed by atoms with Crippen LogP contribution in [0.3, 0.4) is 0 Å². The number of alkyl halides is 2. The largest absolute Gasteiger partial charge is 0.394 e. The van der Waals surface area contributed by atoms with Crippen molar-refractivity contribution in [3.63, 3.8) is 0 Å².